The molecule has 0 saturated heterocycles. The van der Waals surface area contributed by atoms with Gasteiger partial charge in [0.05, 0.1) is 17.5 Å². The monoisotopic (exact) mass is 192 g/mol. The molecule has 1 aromatic heterocycles. The summed E-state index contributed by atoms with van der Waals surface area (Å²) in [6.45, 7) is 2.34. The van der Waals surface area contributed by atoms with Crippen molar-refractivity contribution in [2.75, 3.05) is 6.61 Å². The topological polar surface area (TPSA) is 35.0 Å². The summed E-state index contributed by atoms with van der Waals surface area (Å²) in [5.74, 6) is 0.141. The molecule has 0 saturated carbocycles. The van der Waals surface area contributed by atoms with E-state index in [0.29, 0.717) is 17.9 Å². The van der Waals surface area contributed by atoms with E-state index in [0.717, 1.165) is 5.39 Å². The van der Waals surface area contributed by atoms with Crippen molar-refractivity contribution in [3.05, 3.63) is 30.5 Å². The molecular weight excluding hydrogens is 183 g/mol. The zero-order valence-corrected chi connectivity index (χ0v) is 7.70. The lowest BCUT2D eigenvalue weighted by Crippen LogP contribution is -1.94. The second-order valence-electron chi connectivity index (χ2n) is 2.79. The maximum absolute atomic E-state index is 13.1. The molecule has 0 amide bonds. The number of nitrogens with zero attached hydrogens (tertiary/aromatic N) is 2. The van der Waals surface area contributed by atoms with Crippen LogP contribution in [0.2, 0.25) is 0 Å². The van der Waals surface area contributed by atoms with Crippen molar-refractivity contribution >= 4 is 10.9 Å². The minimum atomic E-state index is -0.348. The number of hydrogen-bond acceptors (Lipinski definition) is 3. The Labute approximate surface area is 80.6 Å². The Bertz CT molecular complexity index is 459. The van der Waals surface area contributed by atoms with Crippen molar-refractivity contribution in [1.29, 1.82) is 0 Å². The fourth-order valence-electron chi connectivity index (χ4n) is 1.29. The fourth-order valence-corrected chi connectivity index (χ4v) is 1.29. The highest BCUT2D eigenvalue weighted by Gasteiger charge is 2.05. The van der Waals surface area contributed by atoms with E-state index in [-0.39, 0.29) is 5.82 Å². The Balaban J connectivity index is 2.67. The van der Waals surface area contributed by atoms with Crippen LogP contribution in [0.4, 0.5) is 4.39 Å². The minimum absolute atomic E-state index is 0.348. The Kier molecular flexibility index (Phi) is 2.26. The van der Waals surface area contributed by atoms with Crippen LogP contribution in [-0.4, -0.2) is 16.6 Å². The van der Waals surface area contributed by atoms with Gasteiger partial charge in [0.1, 0.15) is 17.9 Å². The molecule has 1 heterocycles. The Morgan fingerprint density at radius 3 is 3.07 bits per heavy atom. The minimum Gasteiger partial charge on any atom is -0.493 e. The summed E-state index contributed by atoms with van der Waals surface area (Å²) in [6.07, 6.45) is 3.00. The van der Waals surface area contributed by atoms with Crippen molar-refractivity contribution in [2.24, 2.45) is 0 Å². The van der Waals surface area contributed by atoms with Gasteiger partial charge in [-0.3, -0.25) is 0 Å². The molecule has 0 fully saturated rings. The predicted molar refractivity (Wildman–Crippen MR) is 50.7 cm³/mol. The van der Waals surface area contributed by atoms with Crippen LogP contribution in [0.25, 0.3) is 10.9 Å². The van der Waals surface area contributed by atoms with Crippen LogP contribution in [0.1, 0.15) is 6.92 Å². The Morgan fingerprint density at radius 1 is 1.43 bits per heavy atom. The first-order valence-corrected chi connectivity index (χ1v) is 4.33. The van der Waals surface area contributed by atoms with E-state index in [1.807, 2.05) is 6.92 Å². The van der Waals surface area contributed by atoms with Gasteiger partial charge in [-0.25, -0.2) is 14.4 Å². The van der Waals surface area contributed by atoms with Gasteiger partial charge in [-0.05, 0) is 6.92 Å². The second kappa shape index (κ2) is 3.57. The van der Waals surface area contributed by atoms with Crippen molar-refractivity contribution in [3.8, 4) is 5.75 Å². The van der Waals surface area contributed by atoms with E-state index in [2.05, 4.69) is 9.97 Å². The lowest BCUT2D eigenvalue weighted by atomic mass is 10.2. The van der Waals surface area contributed by atoms with Crippen LogP contribution >= 0.6 is 0 Å². The van der Waals surface area contributed by atoms with E-state index in [4.69, 9.17) is 4.74 Å². The maximum atomic E-state index is 13.1. The Morgan fingerprint density at radius 2 is 2.29 bits per heavy atom. The van der Waals surface area contributed by atoms with E-state index < -0.39 is 0 Å². The van der Waals surface area contributed by atoms with Crippen molar-refractivity contribution < 1.29 is 9.13 Å². The molecule has 2 aromatic rings. The molecule has 72 valence electrons. The number of halogens is 1. The molecule has 0 spiro atoms. The summed E-state index contributed by atoms with van der Waals surface area (Å²) in [7, 11) is 0. The molecule has 0 aliphatic carbocycles. The zero-order valence-electron chi connectivity index (χ0n) is 7.70. The third-order valence-electron chi connectivity index (χ3n) is 1.85. The molecule has 0 aliphatic heterocycles. The smallest absolute Gasteiger partial charge is 0.133 e. The number of aromatic nitrogens is 2. The average molecular weight is 192 g/mol. The molecule has 14 heavy (non-hydrogen) atoms. The van der Waals surface area contributed by atoms with Crippen molar-refractivity contribution in [1.82, 2.24) is 9.97 Å². The van der Waals surface area contributed by atoms with Crippen LogP contribution in [0.3, 0.4) is 0 Å². The van der Waals surface area contributed by atoms with Crippen molar-refractivity contribution in [3.63, 3.8) is 0 Å². The van der Waals surface area contributed by atoms with Gasteiger partial charge in [-0.15, -0.1) is 0 Å². The summed E-state index contributed by atoms with van der Waals surface area (Å²) >= 11 is 0. The van der Waals surface area contributed by atoms with Gasteiger partial charge in [0.15, 0.2) is 0 Å². The van der Waals surface area contributed by atoms with Crippen LogP contribution in [0.5, 0.6) is 5.75 Å². The number of benzene rings is 1. The summed E-state index contributed by atoms with van der Waals surface area (Å²) in [5.41, 5.74) is 0.559. The quantitative estimate of drug-likeness (QED) is 0.731. The SMILES string of the molecule is CCOc1cc(F)cc2ncncc12. The van der Waals surface area contributed by atoms with Crippen LogP contribution in [0, 0.1) is 5.82 Å². The number of ether oxygens (including phenoxy) is 1. The summed E-state index contributed by atoms with van der Waals surface area (Å²) in [6, 6.07) is 2.70. The molecule has 0 bridgehead atoms. The Hall–Kier alpha value is -1.71. The highest BCUT2D eigenvalue weighted by molar-refractivity contribution is 5.84. The summed E-state index contributed by atoms with van der Waals surface area (Å²) < 4.78 is 18.4. The standard InChI is InChI=1S/C10H9FN2O/c1-2-14-10-4-7(11)3-9-8(10)5-12-6-13-9/h3-6H,2H2,1H3. The first-order valence-electron chi connectivity index (χ1n) is 4.33. The molecule has 0 unspecified atom stereocenters. The van der Waals surface area contributed by atoms with Crippen molar-refractivity contribution in [2.45, 2.75) is 6.92 Å². The molecule has 0 atom stereocenters. The molecule has 0 N–H and O–H groups in total. The summed E-state index contributed by atoms with van der Waals surface area (Å²) in [5, 5.41) is 0.732. The van der Waals surface area contributed by atoms with Gasteiger partial charge in [-0.2, -0.15) is 0 Å². The highest BCUT2D eigenvalue weighted by Crippen LogP contribution is 2.24. The van der Waals surface area contributed by atoms with Gasteiger partial charge in [0.25, 0.3) is 0 Å². The van der Waals surface area contributed by atoms with Gasteiger partial charge >= 0.3 is 0 Å². The first-order chi connectivity index (χ1) is 6.81. The fraction of sp³-hybridized carbons (Fsp3) is 0.200. The van der Waals surface area contributed by atoms with E-state index in [1.165, 1.54) is 18.5 Å². The molecule has 4 heteroatoms. The van der Waals surface area contributed by atoms with Crippen LogP contribution in [-0.2, 0) is 0 Å². The molecule has 3 nitrogen and oxygen atoms in total. The maximum Gasteiger partial charge on any atom is 0.133 e. The summed E-state index contributed by atoms with van der Waals surface area (Å²) in [4.78, 5) is 7.83. The van der Waals surface area contributed by atoms with E-state index >= 15 is 0 Å². The lowest BCUT2D eigenvalue weighted by molar-refractivity contribution is 0.342. The van der Waals surface area contributed by atoms with Crippen LogP contribution in [0.15, 0.2) is 24.7 Å². The first kappa shape index (κ1) is 8.87. The van der Waals surface area contributed by atoms with Gasteiger partial charge in [0, 0.05) is 18.3 Å². The second-order valence-corrected chi connectivity index (χ2v) is 2.79. The molecule has 1 aromatic carbocycles. The van der Waals surface area contributed by atoms with E-state index in [9.17, 15) is 4.39 Å². The molecular formula is C10H9FN2O. The number of rotatable bonds is 2. The third kappa shape index (κ3) is 1.51. The van der Waals surface area contributed by atoms with Gasteiger partial charge in [0.2, 0.25) is 0 Å². The third-order valence-corrected chi connectivity index (χ3v) is 1.85. The normalized spacial score (nSPS) is 10.4. The van der Waals surface area contributed by atoms with Crippen LogP contribution < -0.4 is 4.74 Å². The molecule has 2 rings (SSSR count). The zero-order chi connectivity index (χ0) is 9.97. The highest BCUT2D eigenvalue weighted by atomic mass is 19.1. The number of fused-ring (bicyclic) bond motifs is 1. The lowest BCUT2D eigenvalue weighted by Gasteiger charge is -2.06. The van der Waals surface area contributed by atoms with Gasteiger partial charge < -0.3 is 4.74 Å². The molecule has 0 aliphatic rings. The van der Waals surface area contributed by atoms with E-state index in [1.54, 1.807) is 6.20 Å². The largest absolute Gasteiger partial charge is 0.493 e. The molecule has 0 radical (unpaired) electrons. The number of hydrogen-bond donors (Lipinski definition) is 0. The van der Waals surface area contributed by atoms with Gasteiger partial charge in [-0.1, -0.05) is 0 Å². The predicted octanol–water partition coefficient (Wildman–Crippen LogP) is 2.17. The average Bonchev–Trinajstić information content (AvgIpc) is 2.18.